The highest BCUT2D eigenvalue weighted by atomic mass is 16.5. The van der Waals surface area contributed by atoms with Gasteiger partial charge in [-0.3, -0.25) is 19.4 Å². The number of anilines is 3. The lowest BCUT2D eigenvalue weighted by Crippen LogP contribution is -2.54. The molecule has 5 heterocycles. The summed E-state index contributed by atoms with van der Waals surface area (Å²) in [5.41, 5.74) is 6.38. The van der Waals surface area contributed by atoms with Crippen molar-refractivity contribution in [3.05, 3.63) is 78.0 Å². The molecule has 3 N–H and O–H groups in total. The molecule has 204 valence electrons. The highest BCUT2D eigenvalue weighted by Gasteiger charge is 2.29. The number of ether oxygens (including phenoxy) is 1. The van der Waals surface area contributed by atoms with Gasteiger partial charge in [-0.25, -0.2) is 9.97 Å². The predicted molar refractivity (Wildman–Crippen MR) is 153 cm³/mol. The maximum absolute atomic E-state index is 12.9. The molecule has 1 aliphatic rings. The smallest absolute Gasteiger partial charge is 0.238 e. The molecular formula is C29H31N9O2. The van der Waals surface area contributed by atoms with E-state index >= 15 is 0 Å². The van der Waals surface area contributed by atoms with Gasteiger partial charge < -0.3 is 20.4 Å². The molecule has 0 atom stereocenters. The third kappa shape index (κ3) is 5.42. The zero-order valence-corrected chi connectivity index (χ0v) is 22.7. The van der Waals surface area contributed by atoms with Crippen molar-refractivity contribution in [2.45, 2.75) is 26.6 Å². The Morgan fingerprint density at radius 3 is 2.77 bits per heavy atom. The number of benzene rings is 1. The Morgan fingerprint density at radius 1 is 1.18 bits per heavy atom. The number of fused-ring (bicyclic) bond motifs is 1. The van der Waals surface area contributed by atoms with Crippen molar-refractivity contribution in [3.63, 3.8) is 0 Å². The van der Waals surface area contributed by atoms with E-state index in [0.29, 0.717) is 24.9 Å². The van der Waals surface area contributed by atoms with Gasteiger partial charge in [-0.2, -0.15) is 5.10 Å². The van der Waals surface area contributed by atoms with E-state index in [0.717, 1.165) is 57.8 Å². The van der Waals surface area contributed by atoms with Crippen LogP contribution < -0.4 is 10.6 Å². The van der Waals surface area contributed by atoms with Crippen molar-refractivity contribution < 1.29 is 9.53 Å². The Bertz CT molecular complexity index is 1640. The number of H-pyrrole nitrogens is 1. The van der Waals surface area contributed by atoms with Crippen LogP contribution in [0, 0.1) is 13.8 Å². The minimum absolute atomic E-state index is 0.0633. The fourth-order valence-corrected chi connectivity index (χ4v) is 4.81. The van der Waals surface area contributed by atoms with E-state index in [1.54, 1.807) is 23.3 Å². The van der Waals surface area contributed by atoms with Gasteiger partial charge in [-0.15, -0.1) is 0 Å². The number of aromatic amines is 1. The Kier molecular flexibility index (Phi) is 6.97. The Hall–Kier alpha value is -4.61. The van der Waals surface area contributed by atoms with Gasteiger partial charge in [0.15, 0.2) is 5.82 Å². The van der Waals surface area contributed by atoms with Crippen LogP contribution >= 0.6 is 0 Å². The molecule has 1 aliphatic heterocycles. The fourth-order valence-electron chi connectivity index (χ4n) is 4.81. The lowest BCUT2D eigenvalue weighted by atomic mass is 10.1. The second kappa shape index (κ2) is 10.9. The molecule has 1 aromatic carbocycles. The number of carbonyl (C=O) groups excluding carboxylic acids is 1. The summed E-state index contributed by atoms with van der Waals surface area (Å²) in [6, 6.07) is 11.7. The summed E-state index contributed by atoms with van der Waals surface area (Å²) < 4.78 is 7.73. The van der Waals surface area contributed by atoms with Gasteiger partial charge in [0.25, 0.3) is 0 Å². The number of pyridine rings is 1. The van der Waals surface area contributed by atoms with Crippen molar-refractivity contribution in [1.82, 2.24) is 34.6 Å². The van der Waals surface area contributed by atoms with Crippen molar-refractivity contribution in [2.24, 2.45) is 7.05 Å². The van der Waals surface area contributed by atoms with E-state index in [2.05, 4.69) is 35.6 Å². The van der Waals surface area contributed by atoms with Crippen molar-refractivity contribution >= 4 is 34.3 Å². The number of likely N-dealkylation sites (tertiary alicyclic amines) is 1. The Labute approximate surface area is 231 Å². The largest absolute Gasteiger partial charge is 0.371 e. The predicted octanol–water partition coefficient (Wildman–Crippen LogP) is 3.95. The number of aryl methyl sites for hydroxylation is 3. The minimum atomic E-state index is -0.0633. The molecule has 0 saturated carbocycles. The van der Waals surface area contributed by atoms with Gasteiger partial charge in [0.05, 0.1) is 36.2 Å². The molecule has 1 amide bonds. The van der Waals surface area contributed by atoms with E-state index in [1.165, 1.54) is 0 Å². The molecule has 1 saturated heterocycles. The van der Waals surface area contributed by atoms with Crippen LogP contribution in [0.15, 0.2) is 61.2 Å². The molecular weight excluding hydrogens is 506 g/mol. The maximum atomic E-state index is 12.9. The summed E-state index contributed by atoms with van der Waals surface area (Å²) in [4.78, 5) is 31.5. The van der Waals surface area contributed by atoms with Crippen LogP contribution in [0.4, 0.5) is 17.5 Å². The van der Waals surface area contributed by atoms with Crippen LogP contribution in [0.5, 0.6) is 0 Å². The van der Waals surface area contributed by atoms with E-state index < -0.39 is 0 Å². The average molecular weight is 538 g/mol. The number of nitrogens with one attached hydrogen (secondary N) is 3. The number of carbonyl (C=O) groups is 1. The number of para-hydroxylation sites is 1. The van der Waals surface area contributed by atoms with E-state index in [4.69, 9.17) is 9.72 Å². The molecule has 11 heteroatoms. The number of hydrogen-bond acceptors (Lipinski definition) is 8. The first kappa shape index (κ1) is 25.7. The maximum Gasteiger partial charge on any atom is 0.238 e. The van der Waals surface area contributed by atoms with Gasteiger partial charge >= 0.3 is 0 Å². The first-order valence-electron chi connectivity index (χ1n) is 13.2. The molecule has 0 spiro atoms. The van der Waals surface area contributed by atoms with Crippen molar-refractivity contribution in [2.75, 3.05) is 30.3 Å². The first-order valence-corrected chi connectivity index (χ1v) is 13.2. The second-order valence-electron chi connectivity index (χ2n) is 10.1. The van der Waals surface area contributed by atoms with Crippen LogP contribution in [0.1, 0.15) is 16.8 Å². The topological polar surface area (TPSA) is 126 Å². The molecule has 1 fully saturated rings. The average Bonchev–Trinajstić information content (AvgIpc) is 3.50. The van der Waals surface area contributed by atoms with Gasteiger partial charge in [0.1, 0.15) is 0 Å². The van der Waals surface area contributed by atoms with Gasteiger partial charge in [-0.1, -0.05) is 12.1 Å². The molecule has 5 aromatic rings. The molecule has 0 unspecified atom stereocenters. The fraction of sp³-hybridized carbons (Fsp3) is 0.276. The second-order valence-corrected chi connectivity index (χ2v) is 10.1. The number of rotatable bonds is 9. The van der Waals surface area contributed by atoms with Crippen molar-refractivity contribution in [3.8, 4) is 11.3 Å². The number of amides is 1. The molecule has 6 rings (SSSR count). The SMILES string of the molecule is Cc1cnc(Nc2cc(C)n(C)n2)nc1-c1c[nH]c2c(NC(=O)CN3CC(OCc4ccncc4)C3)cccc12. The lowest BCUT2D eigenvalue weighted by molar-refractivity contribution is -0.122. The van der Waals surface area contributed by atoms with Gasteiger partial charge in [0.2, 0.25) is 11.9 Å². The summed E-state index contributed by atoms with van der Waals surface area (Å²) >= 11 is 0. The summed E-state index contributed by atoms with van der Waals surface area (Å²) in [5, 5.41) is 11.7. The number of hydrogen-bond donors (Lipinski definition) is 3. The third-order valence-electron chi connectivity index (χ3n) is 7.10. The van der Waals surface area contributed by atoms with Gasteiger partial charge in [-0.05, 0) is 43.2 Å². The van der Waals surface area contributed by atoms with Crippen LogP contribution in [0.2, 0.25) is 0 Å². The highest BCUT2D eigenvalue weighted by Crippen LogP contribution is 2.33. The molecule has 11 nitrogen and oxygen atoms in total. The van der Waals surface area contributed by atoms with Crippen LogP contribution in [0.3, 0.4) is 0 Å². The third-order valence-corrected chi connectivity index (χ3v) is 7.10. The van der Waals surface area contributed by atoms with Gasteiger partial charge in [0, 0.05) is 67.6 Å². The molecule has 0 radical (unpaired) electrons. The van der Waals surface area contributed by atoms with E-state index in [1.807, 2.05) is 63.5 Å². The monoisotopic (exact) mass is 537 g/mol. The Balaban J connectivity index is 1.11. The van der Waals surface area contributed by atoms with E-state index in [-0.39, 0.29) is 12.0 Å². The van der Waals surface area contributed by atoms with Crippen LogP contribution in [-0.4, -0.2) is 66.3 Å². The molecule has 4 aromatic heterocycles. The first-order chi connectivity index (χ1) is 19.4. The summed E-state index contributed by atoms with van der Waals surface area (Å²) in [7, 11) is 1.89. The number of aromatic nitrogens is 6. The zero-order chi connectivity index (χ0) is 27.6. The quantitative estimate of drug-likeness (QED) is 0.258. The van der Waals surface area contributed by atoms with Crippen molar-refractivity contribution in [1.29, 1.82) is 0 Å². The summed E-state index contributed by atoms with van der Waals surface area (Å²) in [5.74, 6) is 1.09. The lowest BCUT2D eigenvalue weighted by Gasteiger charge is -2.38. The standard InChI is InChI=1S/C29H31N9O2/c1-18-12-32-29(34-25-11-19(2)37(3)36-25)35-27(18)23-13-31-28-22(23)5-4-6-24(28)33-26(39)16-38-14-21(15-38)40-17-20-7-9-30-10-8-20/h4-13,21,31H,14-17H2,1-3H3,(H,33,39)(H,32,34,35,36). The minimum Gasteiger partial charge on any atom is -0.371 e. The normalized spacial score (nSPS) is 13.9. The van der Waals surface area contributed by atoms with Crippen LogP contribution in [-0.2, 0) is 23.2 Å². The summed E-state index contributed by atoms with van der Waals surface area (Å²) in [6.45, 7) is 6.30. The highest BCUT2D eigenvalue weighted by molar-refractivity contribution is 6.06. The number of nitrogens with zero attached hydrogens (tertiary/aromatic N) is 6. The van der Waals surface area contributed by atoms with Crippen LogP contribution in [0.25, 0.3) is 22.2 Å². The Morgan fingerprint density at radius 2 is 2.00 bits per heavy atom. The molecule has 0 bridgehead atoms. The summed E-state index contributed by atoms with van der Waals surface area (Å²) in [6.07, 6.45) is 7.37. The zero-order valence-electron chi connectivity index (χ0n) is 22.7. The molecule has 0 aliphatic carbocycles. The van der Waals surface area contributed by atoms with E-state index in [9.17, 15) is 4.79 Å². The molecule has 40 heavy (non-hydrogen) atoms.